The lowest BCUT2D eigenvalue weighted by atomic mass is 9.77. The van der Waals surface area contributed by atoms with E-state index in [-0.39, 0.29) is 18.4 Å². The molecule has 1 saturated heterocycles. The normalized spacial score (nSPS) is 26.2. The van der Waals surface area contributed by atoms with Gasteiger partial charge in [-0.2, -0.15) is 0 Å². The van der Waals surface area contributed by atoms with Crippen LogP contribution in [0.1, 0.15) is 64.4 Å². The molecule has 0 aromatic heterocycles. The third-order valence-corrected chi connectivity index (χ3v) is 6.05. The molecule has 1 atom stereocenters. The van der Waals surface area contributed by atoms with Gasteiger partial charge in [-0.25, -0.2) is 4.79 Å². The third-order valence-electron chi connectivity index (χ3n) is 6.05. The molecule has 27 heavy (non-hydrogen) atoms. The second kappa shape index (κ2) is 7.71. The molecule has 0 unspecified atom stereocenters. The summed E-state index contributed by atoms with van der Waals surface area (Å²) in [5, 5.41) is 5.73. The third kappa shape index (κ3) is 3.84. The first-order valence-corrected chi connectivity index (χ1v) is 9.89. The topological polar surface area (TPSA) is 78.5 Å². The number of carbonyl (C=O) groups is 3. The summed E-state index contributed by atoms with van der Waals surface area (Å²) in [6, 6.07) is 7.21. The molecule has 2 fully saturated rings. The second-order valence-corrected chi connectivity index (χ2v) is 8.03. The van der Waals surface area contributed by atoms with E-state index < -0.39 is 11.6 Å². The molecular weight excluding hydrogens is 342 g/mol. The molecule has 1 aliphatic heterocycles. The van der Waals surface area contributed by atoms with Crippen LogP contribution in [-0.2, 0) is 9.59 Å². The standard InChI is InChI=1S/C21H29N3O3/c1-4-15(3)16-7-5-6-8-17(16)22-18(25)13-24-19(26)21(23-20(24)27)11-9-14(2)10-12-21/h5-8,14-15H,4,9-13H2,1-3H3,(H,22,25)(H,23,27)/t14?,15-,21?/m1/s1. The van der Waals surface area contributed by atoms with Gasteiger partial charge in [0.05, 0.1) is 0 Å². The van der Waals surface area contributed by atoms with Gasteiger partial charge in [0.15, 0.2) is 0 Å². The fourth-order valence-electron chi connectivity index (χ4n) is 4.01. The molecule has 1 aliphatic carbocycles. The van der Waals surface area contributed by atoms with E-state index in [4.69, 9.17) is 0 Å². The number of urea groups is 1. The van der Waals surface area contributed by atoms with Crippen molar-refractivity contribution in [3.63, 3.8) is 0 Å². The fourth-order valence-corrected chi connectivity index (χ4v) is 4.01. The van der Waals surface area contributed by atoms with E-state index in [0.717, 1.165) is 35.4 Å². The van der Waals surface area contributed by atoms with Crippen molar-refractivity contribution in [3.8, 4) is 0 Å². The van der Waals surface area contributed by atoms with Crippen molar-refractivity contribution in [3.05, 3.63) is 29.8 Å². The van der Waals surface area contributed by atoms with Gasteiger partial charge in [-0.15, -0.1) is 0 Å². The molecule has 1 saturated carbocycles. The summed E-state index contributed by atoms with van der Waals surface area (Å²) in [4.78, 5) is 38.9. The first-order valence-electron chi connectivity index (χ1n) is 9.89. The number of para-hydroxylation sites is 1. The molecule has 0 bridgehead atoms. The Hall–Kier alpha value is -2.37. The molecule has 1 aromatic rings. The Morgan fingerprint density at radius 1 is 1.30 bits per heavy atom. The average molecular weight is 371 g/mol. The van der Waals surface area contributed by atoms with Crippen LogP contribution in [0.15, 0.2) is 24.3 Å². The molecule has 6 heteroatoms. The van der Waals surface area contributed by atoms with Gasteiger partial charge in [0.25, 0.3) is 5.91 Å². The van der Waals surface area contributed by atoms with E-state index in [1.807, 2.05) is 24.3 Å². The zero-order chi connectivity index (χ0) is 19.6. The molecule has 1 spiro atoms. The SMILES string of the molecule is CC[C@@H](C)c1ccccc1NC(=O)CN1C(=O)NC2(CCC(C)CC2)C1=O. The molecule has 6 nitrogen and oxygen atoms in total. The van der Waals surface area contributed by atoms with Crippen LogP contribution < -0.4 is 10.6 Å². The Kier molecular flexibility index (Phi) is 5.53. The zero-order valence-corrected chi connectivity index (χ0v) is 16.4. The summed E-state index contributed by atoms with van der Waals surface area (Å²) in [6.45, 7) is 6.11. The van der Waals surface area contributed by atoms with Crippen molar-refractivity contribution in [2.24, 2.45) is 5.92 Å². The monoisotopic (exact) mass is 371 g/mol. The molecule has 1 heterocycles. The van der Waals surface area contributed by atoms with Crippen LogP contribution in [0.2, 0.25) is 0 Å². The van der Waals surface area contributed by atoms with Gasteiger partial charge >= 0.3 is 6.03 Å². The number of nitrogens with one attached hydrogen (secondary N) is 2. The smallest absolute Gasteiger partial charge is 0.324 e. The number of carbonyl (C=O) groups excluding carboxylic acids is 3. The largest absolute Gasteiger partial charge is 0.325 e. The Bertz CT molecular complexity index is 738. The number of imide groups is 1. The van der Waals surface area contributed by atoms with Crippen LogP contribution in [0.4, 0.5) is 10.5 Å². The number of hydrogen-bond donors (Lipinski definition) is 2. The van der Waals surface area contributed by atoms with Crippen LogP contribution in [0, 0.1) is 5.92 Å². The van der Waals surface area contributed by atoms with Crippen molar-refractivity contribution < 1.29 is 14.4 Å². The van der Waals surface area contributed by atoms with Gasteiger partial charge in [0.2, 0.25) is 5.91 Å². The minimum Gasteiger partial charge on any atom is -0.324 e. The Balaban J connectivity index is 1.68. The van der Waals surface area contributed by atoms with Crippen molar-refractivity contribution >= 4 is 23.5 Å². The molecule has 4 amide bonds. The maximum atomic E-state index is 12.9. The van der Waals surface area contributed by atoms with Crippen molar-refractivity contribution in [2.45, 2.75) is 64.3 Å². The number of rotatable bonds is 5. The molecule has 2 N–H and O–H groups in total. The lowest BCUT2D eigenvalue weighted by Gasteiger charge is -2.33. The summed E-state index contributed by atoms with van der Waals surface area (Å²) < 4.78 is 0. The van der Waals surface area contributed by atoms with E-state index in [1.54, 1.807) is 0 Å². The highest BCUT2D eigenvalue weighted by Crippen LogP contribution is 2.36. The van der Waals surface area contributed by atoms with E-state index in [2.05, 4.69) is 31.4 Å². The van der Waals surface area contributed by atoms with E-state index in [9.17, 15) is 14.4 Å². The van der Waals surface area contributed by atoms with Gasteiger partial charge in [0.1, 0.15) is 12.1 Å². The zero-order valence-electron chi connectivity index (χ0n) is 16.4. The lowest BCUT2D eigenvalue weighted by molar-refractivity contribution is -0.135. The van der Waals surface area contributed by atoms with Crippen molar-refractivity contribution in [1.29, 1.82) is 0 Å². The highest BCUT2D eigenvalue weighted by molar-refractivity contribution is 6.10. The average Bonchev–Trinajstić information content (AvgIpc) is 2.88. The predicted octanol–water partition coefficient (Wildman–Crippen LogP) is 3.64. The summed E-state index contributed by atoms with van der Waals surface area (Å²) >= 11 is 0. The van der Waals surface area contributed by atoms with Crippen LogP contribution in [0.5, 0.6) is 0 Å². The second-order valence-electron chi connectivity index (χ2n) is 8.03. The van der Waals surface area contributed by atoms with E-state index >= 15 is 0 Å². The minimum absolute atomic E-state index is 0.253. The number of benzene rings is 1. The summed E-state index contributed by atoms with van der Waals surface area (Å²) in [5.41, 5.74) is 0.992. The van der Waals surface area contributed by atoms with E-state index in [0.29, 0.717) is 24.7 Å². The molecular formula is C21H29N3O3. The van der Waals surface area contributed by atoms with Crippen molar-refractivity contribution in [2.75, 3.05) is 11.9 Å². The lowest BCUT2D eigenvalue weighted by Crippen LogP contribution is -2.49. The van der Waals surface area contributed by atoms with Gasteiger partial charge < -0.3 is 10.6 Å². The number of anilines is 1. The highest BCUT2D eigenvalue weighted by Gasteiger charge is 2.52. The number of nitrogens with zero attached hydrogens (tertiary/aromatic N) is 1. The quantitative estimate of drug-likeness (QED) is 0.776. The highest BCUT2D eigenvalue weighted by atomic mass is 16.2. The molecule has 2 aliphatic rings. The van der Waals surface area contributed by atoms with E-state index in [1.165, 1.54) is 0 Å². The molecule has 1 aromatic carbocycles. The molecule has 3 rings (SSSR count). The first-order chi connectivity index (χ1) is 12.9. The Labute approximate surface area is 160 Å². The van der Waals surface area contributed by atoms with Crippen LogP contribution in [-0.4, -0.2) is 34.8 Å². The maximum Gasteiger partial charge on any atom is 0.325 e. The van der Waals surface area contributed by atoms with Gasteiger partial charge in [-0.1, -0.05) is 39.0 Å². The Morgan fingerprint density at radius 2 is 1.96 bits per heavy atom. The van der Waals surface area contributed by atoms with Crippen LogP contribution in [0.25, 0.3) is 0 Å². The first kappa shape index (κ1) is 19.4. The molecule has 146 valence electrons. The summed E-state index contributed by atoms with van der Waals surface area (Å²) in [6.07, 6.45) is 4.07. The Morgan fingerprint density at radius 3 is 2.63 bits per heavy atom. The number of hydrogen-bond acceptors (Lipinski definition) is 3. The van der Waals surface area contributed by atoms with Gasteiger partial charge in [-0.05, 0) is 55.6 Å². The fraction of sp³-hybridized carbons (Fsp3) is 0.571. The predicted molar refractivity (Wildman–Crippen MR) is 104 cm³/mol. The summed E-state index contributed by atoms with van der Waals surface area (Å²) in [5.74, 6) is 0.265. The van der Waals surface area contributed by atoms with Crippen molar-refractivity contribution in [1.82, 2.24) is 10.2 Å². The molecule has 0 radical (unpaired) electrons. The summed E-state index contributed by atoms with van der Waals surface area (Å²) in [7, 11) is 0. The minimum atomic E-state index is -0.807. The van der Waals surface area contributed by atoms with Crippen LogP contribution >= 0.6 is 0 Å². The van der Waals surface area contributed by atoms with Gasteiger partial charge in [0, 0.05) is 5.69 Å². The van der Waals surface area contributed by atoms with Gasteiger partial charge in [-0.3, -0.25) is 14.5 Å². The number of amides is 4. The maximum absolute atomic E-state index is 12.9. The van der Waals surface area contributed by atoms with Crippen LogP contribution in [0.3, 0.4) is 0 Å².